The van der Waals surface area contributed by atoms with Crippen LogP contribution in [0.15, 0.2) is 35.8 Å². The number of carboxylic acid groups (broad SMARTS) is 2. The van der Waals surface area contributed by atoms with Crippen molar-refractivity contribution in [2.45, 2.75) is 31.9 Å². The molecule has 2 aromatic rings. The number of aryl methyl sites for hydroxylation is 1. The molecule has 0 radical (unpaired) electrons. The number of nitrogens with zero attached hydrogens (tertiary/aromatic N) is 2. The molecule has 15 heteroatoms. The Hall–Kier alpha value is -2.91. The number of fused-ring (bicyclic) bond motifs is 1. The standard InChI is InChI=1S/C18H23N3OS.2C2HF3O2/c1-13-5-7-23-17(13)11-21-9-15-14(12-22-16(15)10-21)8-20-18-4-2-3-6-19-18;2*3-2(4,5)1(6)7/h2-7,14-16H,8-12H2,1H3,(H,19,20);2*(H,6,7)/t14-,15+,16+;;/m0../s1. The van der Waals surface area contributed by atoms with Crippen LogP contribution in [0.3, 0.4) is 0 Å². The van der Waals surface area contributed by atoms with Gasteiger partial charge in [0.2, 0.25) is 0 Å². The van der Waals surface area contributed by atoms with Crippen LogP contribution in [0.5, 0.6) is 0 Å². The van der Waals surface area contributed by atoms with Gasteiger partial charge >= 0.3 is 24.3 Å². The molecule has 0 saturated carbocycles. The summed E-state index contributed by atoms with van der Waals surface area (Å²) in [6.07, 6.45) is -7.93. The van der Waals surface area contributed by atoms with Gasteiger partial charge in [0.15, 0.2) is 0 Å². The number of carboxylic acids is 2. The minimum absolute atomic E-state index is 0.408. The molecule has 0 aliphatic carbocycles. The predicted molar refractivity (Wildman–Crippen MR) is 121 cm³/mol. The maximum atomic E-state index is 10.6. The fourth-order valence-corrected chi connectivity index (χ4v) is 4.64. The zero-order chi connectivity index (χ0) is 27.8. The number of halogens is 6. The van der Waals surface area contributed by atoms with E-state index in [0.29, 0.717) is 17.9 Å². The second kappa shape index (κ2) is 13.1. The topological polar surface area (TPSA) is 112 Å². The number of aliphatic carboxylic acids is 2. The van der Waals surface area contributed by atoms with E-state index in [-0.39, 0.29) is 0 Å². The summed E-state index contributed by atoms with van der Waals surface area (Å²) in [5.74, 6) is -3.33. The highest BCUT2D eigenvalue weighted by Gasteiger charge is 2.43. The lowest BCUT2D eigenvalue weighted by Gasteiger charge is -2.20. The van der Waals surface area contributed by atoms with Crippen LogP contribution in [0.4, 0.5) is 32.2 Å². The van der Waals surface area contributed by atoms with E-state index < -0.39 is 24.3 Å². The Balaban J connectivity index is 0.000000286. The number of anilines is 1. The molecule has 2 fully saturated rings. The molecule has 2 saturated heterocycles. The van der Waals surface area contributed by atoms with Gasteiger partial charge in [-0.3, -0.25) is 4.90 Å². The fourth-order valence-electron chi connectivity index (χ4n) is 3.69. The van der Waals surface area contributed by atoms with E-state index in [4.69, 9.17) is 24.5 Å². The molecule has 2 aromatic heterocycles. The lowest BCUT2D eigenvalue weighted by atomic mass is 9.93. The highest BCUT2D eigenvalue weighted by atomic mass is 32.1. The summed E-state index contributed by atoms with van der Waals surface area (Å²) in [5.41, 5.74) is 1.42. The van der Waals surface area contributed by atoms with E-state index in [1.807, 2.05) is 35.7 Å². The van der Waals surface area contributed by atoms with Crippen LogP contribution in [0.25, 0.3) is 0 Å². The summed E-state index contributed by atoms with van der Waals surface area (Å²) in [6, 6.07) is 8.20. The summed E-state index contributed by atoms with van der Waals surface area (Å²) in [5, 5.41) is 19.9. The smallest absolute Gasteiger partial charge is 0.475 e. The van der Waals surface area contributed by atoms with E-state index in [0.717, 1.165) is 38.6 Å². The summed E-state index contributed by atoms with van der Waals surface area (Å²) in [4.78, 5) is 26.2. The maximum absolute atomic E-state index is 10.6. The molecular formula is C22H25F6N3O5S. The van der Waals surface area contributed by atoms with Crippen molar-refractivity contribution in [3.63, 3.8) is 0 Å². The van der Waals surface area contributed by atoms with Crippen molar-refractivity contribution >= 4 is 29.1 Å². The minimum Gasteiger partial charge on any atom is -0.475 e. The Bertz CT molecular complexity index is 994. The number of pyridine rings is 1. The molecule has 4 heterocycles. The van der Waals surface area contributed by atoms with Crippen molar-refractivity contribution in [2.24, 2.45) is 11.8 Å². The van der Waals surface area contributed by atoms with Gasteiger partial charge in [-0.2, -0.15) is 26.3 Å². The fraction of sp³-hybridized carbons (Fsp3) is 0.500. The SMILES string of the molecule is Cc1ccsc1CN1C[C@@H]2[C@@H](CNc3ccccn3)CO[C@@H]2C1.O=C(O)C(F)(F)F.O=C(O)C(F)(F)F. The molecule has 0 aromatic carbocycles. The lowest BCUT2D eigenvalue weighted by Crippen LogP contribution is -2.27. The van der Waals surface area contributed by atoms with Gasteiger partial charge in [0.25, 0.3) is 0 Å². The second-order valence-corrected chi connectivity index (χ2v) is 9.22. The molecule has 0 bridgehead atoms. The van der Waals surface area contributed by atoms with Crippen LogP contribution in [-0.2, 0) is 20.9 Å². The molecule has 3 atom stereocenters. The number of rotatable bonds is 5. The third-order valence-corrected chi connectivity index (χ3v) is 6.55. The number of ether oxygens (including phenoxy) is 1. The van der Waals surface area contributed by atoms with Gasteiger partial charge in [-0.05, 0) is 36.1 Å². The first-order valence-corrected chi connectivity index (χ1v) is 11.7. The normalized spacial score (nSPS) is 21.2. The number of hydrogen-bond donors (Lipinski definition) is 3. The van der Waals surface area contributed by atoms with Crippen molar-refractivity contribution < 1.29 is 50.9 Å². The van der Waals surface area contributed by atoms with Gasteiger partial charge in [-0.25, -0.2) is 14.6 Å². The highest BCUT2D eigenvalue weighted by Crippen LogP contribution is 2.35. The molecule has 2 aliphatic heterocycles. The first kappa shape index (κ1) is 30.3. The van der Waals surface area contributed by atoms with Crippen molar-refractivity contribution in [3.05, 3.63) is 46.3 Å². The Kier molecular flexibility index (Phi) is 10.7. The number of thiophene rings is 1. The zero-order valence-electron chi connectivity index (χ0n) is 19.4. The summed E-state index contributed by atoms with van der Waals surface area (Å²) < 4.78 is 69.5. The van der Waals surface area contributed by atoms with Crippen LogP contribution < -0.4 is 5.32 Å². The number of likely N-dealkylation sites (tertiary alicyclic amines) is 1. The number of alkyl halides is 6. The molecule has 206 valence electrons. The van der Waals surface area contributed by atoms with Crippen LogP contribution in [-0.4, -0.2) is 76.7 Å². The van der Waals surface area contributed by atoms with E-state index in [1.165, 1.54) is 10.4 Å². The van der Waals surface area contributed by atoms with Gasteiger partial charge < -0.3 is 20.3 Å². The first-order chi connectivity index (χ1) is 17.2. The summed E-state index contributed by atoms with van der Waals surface area (Å²) in [7, 11) is 0. The molecule has 0 unspecified atom stereocenters. The van der Waals surface area contributed by atoms with Gasteiger partial charge in [-0.15, -0.1) is 11.3 Å². The predicted octanol–water partition coefficient (Wildman–Crippen LogP) is 4.28. The Labute approximate surface area is 211 Å². The Morgan fingerprint density at radius 1 is 1.11 bits per heavy atom. The quantitative estimate of drug-likeness (QED) is 0.468. The van der Waals surface area contributed by atoms with Gasteiger partial charge in [0.1, 0.15) is 5.82 Å². The number of nitrogens with one attached hydrogen (secondary N) is 1. The lowest BCUT2D eigenvalue weighted by molar-refractivity contribution is -0.193. The molecule has 4 rings (SSSR count). The van der Waals surface area contributed by atoms with Crippen LogP contribution in [0.1, 0.15) is 10.4 Å². The second-order valence-electron chi connectivity index (χ2n) is 8.22. The Morgan fingerprint density at radius 3 is 2.22 bits per heavy atom. The molecular weight excluding hydrogens is 532 g/mol. The first-order valence-electron chi connectivity index (χ1n) is 10.8. The van der Waals surface area contributed by atoms with E-state index >= 15 is 0 Å². The minimum atomic E-state index is -5.08. The molecule has 0 amide bonds. The Morgan fingerprint density at radius 2 is 1.73 bits per heavy atom. The number of hydrogen-bond acceptors (Lipinski definition) is 7. The van der Waals surface area contributed by atoms with Gasteiger partial charge in [-0.1, -0.05) is 6.07 Å². The van der Waals surface area contributed by atoms with Crippen LogP contribution in [0.2, 0.25) is 0 Å². The third kappa shape index (κ3) is 9.81. The van der Waals surface area contributed by atoms with Gasteiger partial charge in [0, 0.05) is 49.1 Å². The van der Waals surface area contributed by atoms with Crippen LogP contribution >= 0.6 is 11.3 Å². The van der Waals surface area contributed by atoms with Crippen molar-refractivity contribution in [1.29, 1.82) is 0 Å². The zero-order valence-corrected chi connectivity index (χ0v) is 20.2. The number of aromatic nitrogens is 1. The third-order valence-electron chi connectivity index (χ3n) is 5.55. The average Bonchev–Trinajstić information content (AvgIpc) is 3.49. The molecule has 2 aliphatic rings. The summed E-state index contributed by atoms with van der Waals surface area (Å²) in [6.45, 7) is 7.32. The highest BCUT2D eigenvalue weighted by molar-refractivity contribution is 7.10. The molecule has 3 N–H and O–H groups in total. The monoisotopic (exact) mass is 557 g/mol. The van der Waals surface area contributed by atoms with Crippen LogP contribution in [0, 0.1) is 18.8 Å². The van der Waals surface area contributed by atoms with Crippen molar-refractivity contribution in [2.75, 3.05) is 31.6 Å². The van der Waals surface area contributed by atoms with Crippen molar-refractivity contribution in [3.8, 4) is 0 Å². The van der Waals surface area contributed by atoms with E-state index in [2.05, 4.69) is 33.6 Å². The molecule has 8 nitrogen and oxygen atoms in total. The maximum Gasteiger partial charge on any atom is 0.490 e. The average molecular weight is 558 g/mol. The molecule has 37 heavy (non-hydrogen) atoms. The van der Waals surface area contributed by atoms with E-state index in [1.54, 1.807) is 0 Å². The van der Waals surface area contributed by atoms with E-state index in [9.17, 15) is 26.3 Å². The number of carbonyl (C=O) groups is 2. The summed E-state index contributed by atoms with van der Waals surface area (Å²) >= 11 is 1.87. The van der Waals surface area contributed by atoms with Gasteiger partial charge in [0.05, 0.1) is 12.7 Å². The molecule has 0 spiro atoms. The largest absolute Gasteiger partial charge is 0.490 e. The van der Waals surface area contributed by atoms with Crippen molar-refractivity contribution in [1.82, 2.24) is 9.88 Å².